The van der Waals surface area contributed by atoms with Crippen molar-refractivity contribution in [3.63, 3.8) is 0 Å². The Kier molecular flexibility index (Phi) is 8.44. The minimum Gasteiger partial charge on any atom is -0.463 e. The van der Waals surface area contributed by atoms with Crippen molar-refractivity contribution < 1.29 is 19.1 Å². The Balaban J connectivity index is 0.00000312. The van der Waals surface area contributed by atoms with Gasteiger partial charge in [0.05, 0.1) is 4.91 Å². The van der Waals surface area contributed by atoms with Gasteiger partial charge in [-0.3, -0.25) is 19.3 Å². The lowest BCUT2D eigenvalue weighted by Gasteiger charge is -2.13. The fourth-order valence-electron chi connectivity index (χ4n) is 1.86. The lowest BCUT2D eigenvalue weighted by molar-refractivity contribution is -0.146. The number of benzene rings is 1. The second kappa shape index (κ2) is 9.82. The topological polar surface area (TPSA) is 66.9 Å². The van der Waals surface area contributed by atoms with Gasteiger partial charge in [0.1, 0.15) is 13.2 Å². The van der Waals surface area contributed by atoms with Crippen molar-refractivity contribution >= 4 is 59.0 Å². The number of amides is 2. The largest absolute Gasteiger partial charge is 0.463 e. The van der Waals surface area contributed by atoms with E-state index in [2.05, 4.69) is 0 Å². The summed E-state index contributed by atoms with van der Waals surface area (Å²) in [6.45, 7) is 0.406. The number of hydrogen-bond donors (Lipinski definition) is 0. The Morgan fingerprint density at radius 2 is 1.92 bits per heavy atom. The number of rotatable bonds is 6. The lowest BCUT2D eigenvalue weighted by atomic mass is 10.2. The van der Waals surface area contributed by atoms with Crippen LogP contribution < -0.4 is 0 Å². The fourth-order valence-corrected chi connectivity index (χ4v) is 2.83. The molecule has 0 aromatic heterocycles. The van der Waals surface area contributed by atoms with Crippen LogP contribution in [0.2, 0.25) is 5.02 Å². The molecule has 1 aliphatic heterocycles. The van der Waals surface area contributed by atoms with E-state index in [1.807, 2.05) is 19.0 Å². The zero-order valence-electron chi connectivity index (χ0n) is 13.7. The van der Waals surface area contributed by atoms with Crippen molar-refractivity contribution in [3.05, 3.63) is 39.8 Å². The van der Waals surface area contributed by atoms with Crippen molar-refractivity contribution in [2.45, 2.75) is 0 Å². The van der Waals surface area contributed by atoms with E-state index in [0.717, 1.165) is 22.2 Å². The summed E-state index contributed by atoms with van der Waals surface area (Å²) in [5.41, 5.74) is 0.749. The molecule has 6 nitrogen and oxygen atoms in total. The molecule has 1 aromatic carbocycles. The second-order valence-corrected chi connectivity index (χ2v) is 6.77. The number of esters is 1. The SMILES string of the molecule is CN(C)CCOC(=O)CN1C(=O)S/C(=C\c2ccc(Cl)cc2)C1=O.Cl. The van der Waals surface area contributed by atoms with Gasteiger partial charge in [-0.2, -0.15) is 0 Å². The van der Waals surface area contributed by atoms with Gasteiger partial charge in [0.2, 0.25) is 0 Å². The molecule has 1 aromatic rings. The minimum atomic E-state index is -0.605. The van der Waals surface area contributed by atoms with Gasteiger partial charge in [-0.15, -0.1) is 12.4 Å². The van der Waals surface area contributed by atoms with Gasteiger partial charge < -0.3 is 9.64 Å². The van der Waals surface area contributed by atoms with Crippen LogP contribution in [-0.2, 0) is 14.3 Å². The predicted molar refractivity (Wildman–Crippen MR) is 101 cm³/mol. The molecule has 0 unspecified atom stereocenters. The summed E-state index contributed by atoms with van der Waals surface area (Å²) in [6.07, 6.45) is 1.60. The Labute approximate surface area is 161 Å². The van der Waals surface area contributed by atoms with E-state index in [-0.39, 0.29) is 30.5 Å². The highest BCUT2D eigenvalue weighted by Crippen LogP contribution is 2.32. The molecule has 0 radical (unpaired) electrons. The molecule has 136 valence electrons. The molecular weight excluding hydrogens is 387 g/mol. The highest BCUT2D eigenvalue weighted by molar-refractivity contribution is 8.18. The third-order valence-corrected chi connectivity index (χ3v) is 4.29. The van der Waals surface area contributed by atoms with Gasteiger partial charge in [0, 0.05) is 11.6 Å². The number of hydrogen-bond acceptors (Lipinski definition) is 6. The van der Waals surface area contributed by atoms with E-state index < -0.39 is 17.1 Å². The summed E-state index contributed by atoms with van der Waals surface area (Å²) in [5.74, 6) is -1.10. The van der Waals surface area contributed by atoms with E-state index in [0.29, 0.717) is 11.6 Å². The van der Waals surface area contributed by atoms with Gasteiger partial charge >= 0.3 is 5.97 Å². The molecule has 0 spiro atoms. The van der Waals surface area contributed by atoms with Crippen LogP contribution in [0.3, 0.4) is 0 Å². The normalized spacial score (nSPS) is 15.7. The van der Waals surface area contributed by atoms with Crippen LogP contribution in [0, 0.1) is 0 Å². The van der Waals surface area contributed by atoms with Gasteiger partial charge in [-0.05, 0) is 49.6 Å². The molecule has 9 heteroatoms. The van der Waals surface area contributed by atoms with Crippen molar-refractivity contribution in [3.8, 4) is 0 Å². The molecule has 1 aliphatic rings. The molecule has 0 N–H and O–H groups in total. The van der Waals surface area contributed by atoms with Crippen LogP contribution in [0.1, 0.15) is 5.56 Å². The highest BCUT2D eigenvalue weighted by atomic mass is 35.5. The Morgan fingerprint density at radius 1 is 1.28 bits per heavy atom. The monoisotopic (exact) mass is 404 g/mol. The van der Waals surface area contributed by atoms with Crippen LogP contribution in [0.15, 0.2) is 29.2 Å². The molecule has 1 heterocycles. The van der Waals surface area contributed by atoms with Crippen molar-refractivity contribution in [2.75, 3.05) is 33.8 Å². The van der Waals surface area contributed by atoms with E-state index in [1.54, 1.807) is 30.3 Å². The zero-order valence-corrected chi connectivity index (χ0v) is 16.1. The first-order valence-corrected chi connectivity index (χ1v) is 8.37. The van der Waals surface area contributed by atoms with E-state index in [1.165, 1.54) is 0 Å². The van der Waals surface area contributed by atoms with Crippen LogP contribution in [0.4, 0.5) is 4.79 Å². The van der Waals surface area contributed by atoms with E-state index in [4.69, 9.17) is 16.3 Å². The Bertz CT molecular complexity index is 677. The number of nitrogens with zero attached hydrogens (tertiary/aromatic N) is 2. The van der Waals surface area contributed by atoms with Gasteiger partial charge in [-0.25, -0.2) is 0 Å². The van der Waals surface area contributed by atoms with Crippen molar-refractivity contribution in [1.82, 2.24) is 9.80 Å². The zero-order chi connectivity index (χ0) is 17.7. The molecule has 1 saturated heterocycles. The minimum absolute atomic E-state index is 0. The maximum absolute atomic E-state index is 12.3. The average Bonchev–Trinajstić information content (AvgIpc) is 2.77. The van der Waals surface area contributed by atoms with Gasteiger partial charge in [-0.1, -0.05) is 23.7 Å². The second-order valence-electron chi connectivity index (χ2n) is 5.34. The quantitative estimate of drug-likeness (QED) is 0.536. The number of carbonyl (C=O) groups is 3. The van der Waals surface area contributed by atoms with Crippen LogP contribution in [0.5, 0.6) is 0 Å². The average molecular weight is 405 g/mol. The fraction of sp³-hybridized carbons (Fsp3) is 0.312. The Hall–Kier alpha value is -1.54. The van der Waals surface area contributed by atoms with Crippen molar-refractivity contribution in [1.29, 1.82) is 0 Å². The predicted octanol–water partition coefficient (Wildman–Crippen LogP) is 2.90. The molecule has 0 atom stereocenters. The Morgan fingerprint density at radius 3 is 2.52 bits per heavy atom. The van der Waals surface area contributed by atoms with Crippen LogP contribution in [0.25, 0.3) is 6.08 Å². The summed E-state index contributed by atoms with van der Waals surface area (Å²) < 4.78 is 5.01. The molecule has 0 bridgehead atoms. The summed E-state index contributed by atoms with van der Waals surface area (Å²) in [4.78, 5) is 39.0. The molecule has 25 heavy (non-hydrogen) atoms. The lowest BCUT2D eigenvalue weighted by Crippen LogP contribution is -2.35. The molecule has 0 aliphatic carbocycles. The summed E-state index contributed by atoms with van der Waals surface area (Å²) in [6, 6.07) is 6.87. The first kappa shape index (κ1) is 21.5. The summed E-state index contributed by atoms with van der Waals surface area (Å²) in [5, 5.41) is 0.102. The number of imide groups is 1. The van der Waals surface area contributed by atoms with E-state index in [9.17, 15) is 14.4 Å². The molecule has 2 amide bonds. The highest BCUT2D eigenvalue weighted by Gasteiger charge is 2.36. The number of carbonyl (C=O) groups excluding carboxylic acids is 3. The van der Waals surface area contributed by atoms with Crippen molar-refractivity contribution in [2.24, 2.45) is 0 Å². The molecule has 0 saturated carbocycles. The van der Waals surface area contributed by atoms with Gasteiger partial charge in [0.25, 0.3) is 11.1 Å². The third kappa shape index (κ3) is 6.36. The maximum Gasteiger partial charge on any atom is 0.326 e. The maximum atomic E-state index is 12.3. The number of ether oxygens (including phenoxy) is 1. The smallest absolute Gasteiger partial charge is 0.326 e. The summed E-state index contributed by atoms with van der Waals surface area (Å²) in [7, 11) is 3.71. The van der Waals surface area contributed by atoms with Crippen LogP contribution >= 0.6 is 35.8 Å². The van der Waals surface area contributed by atoms with Gasteiger partial charge in [0.15, 0.2) is 0 Å². The molecule has 2 rings (SSSR count). The number of halogens is 2. The van der Waals surface area contributed by atoms with Crippen LogP contribution in [-0.4, -0.2) is 60.7 Å². The number of likely N-dealkylation sites (N-methyl/N-ethyl adjacent to an activating group) is 1. The summed E-state index contributed by atoms with van der Waals surface area (Å²) >= 11 is 6.61. The third-order valence-electron chi connectivity index (χ3n) is 3.13. The molecule has 1 fully saturated rings. The standard InChI is InChI=1S/C16H17ClN2O4S.ClH/c1-18(2)7-8-23-14(20)10-19-15(21)13(24-16(19)22)9-11-3-5-12(17)6-4-11;/h3-6,9H,7-8,10H2,1-2H3;1H/b13-9-;. The first-order valence-electron chi connectivity index (χ1n) is 7.18. The van der Waals surface area contributed by atoms with E-state index >= 15 is 0 Å². The molecular formula is C16H18Cl2N2O4S. The number of thioether (sulfide) groups is 1. The first-order chi connectivity index (χ1) is 11.4.